The standard InChI is InChI=1S/C8H15NO2/c1-9-3-5-2-7(10)8(11)6(5)4-9/h5-8,10-11H,2-4H2,1H3/t5-,6+,7+,8+/m0/s1. The number of rotatable bonds is 0. The summed E-state index contributed by atoms with van der Waals surface area (Å²) in [7, 11) is 2.07. The van der Waals surface area contributed by atoms with Crippen molar-refractivity contribution in [1.82, 2.24) is 4.90 Å². The summed E-state index contributed by atoms with van der Waals surface area (Å²) in [6.07, 6.45) is -0.139. The fraction of sp³-hybridized carbons (Fsp3) is 1.00. The monoisotopic (exact) mass is 157 g/mol. The van der Waals surface area contributed by atoms with Crippen LogP contribution in [0.25, 0.3) is 0 Å². The quantitative estimate of drug-likeness (QED) is 0.488. The van der Waals surface area contributed by atoms with E-state index in [1.54, 1.807) is 0 Å². The summed E-state index contributed by atoms with van der Waals surface area (Å²) in [5, 5.41) is 18.8. The van der Waals surface area contributed by atoms with E-state index in [1.807, 2.05) is 0 Å². The van der Waals surface area contributed by atoms with Gasteiger partial charge >= 0.3 is 0 Å². The van der Waals surface area contributed by atoms with Crippen molar-refractivity contribution in [2.24, 2.45) is 11.8 Å². The fourth-order valence-corrected chi connectivity index (χ4v) is 2.49. The van der Waals surface area contributed by atoms with Crippen molar-refractivity contribution in [2.45, 2.75) is 18.6 Å². The van der Waals surface area contributed by atoms with E-state index in [4.69, 9.17) is 0 Å². The van der Waals surface area contributed by atoms with Crippen LogP contribution in [0.2, 0.25) is 0 Å². The highest BCUT2D eigenvalue weighted by atomic mass is 16.3. The van der Waals surface area contributed by atoms with E-state index < -0.39 is 12.2 Å². The van der Waals surface area contributed by atoms with Crippen molar-refractivity contribution >= 4 is 0 Å². The summed E-state index contributed by atoms with van der Waals surface area (Å²) < 4.78 is 0. The molecule has 11 heavy (non-hydrogen) atoms. The summed E-state index contributed by atoms with van der Waals surface area (Å²) in [4.78, 5) is 2.23. The minimum absolute atomic E-state index is 0.329. The van der Waals surface area contributed by atoms with E-state index in [9.17, 15) is 10.2 Å². The number of nitrogens with zero attached hydrogens (tertiary/aromatic N) is 1. The van der Waals surface area contributed by atoms with Crippen molar-refractivity contribution in [3.05, 3.63) is 0 Å². The number of aliphatic hydroxyl groups excluding tert-OH is 2. The average Bonchev–Trinajstić information content (AvgIpc) is 2.37. The molecule has 2 N–H and O–H groups in total. The van der Waals surface area contributed by atoms with Crippen LogP contribution in [0.1, 0.15) is 6.42 Å². The third-order valence-corrected chi connectivity index (χ3v) is 3.05. The highest BCUT2D eigenvalue weighted by molar-refractivity contribution is 4.97. The first-order valence-corrected chi connectivity index (χ1v) is 4.23. The molecule has 0 aromatic heterocycles. The van der Waals surface area contributed by atoms with Crippen molar-refractivity contribution in [2.75, 3.05) is 20.1 Å². The normalized spacial score (nSPS) is 51.5. The Bertz CT molecular complexity index is 162. The lowest BCUT2D eigenvalue weighted by molar-refractivity contribution is 0.0181. The lowest BCUT2D eigenvalue weighted by Crippen LogP contribution is -2.29. The molecule has 4 atom stereocenters. The van der Waals surface area contributed by atoms with Crippen molar-refractivity contribution in [3.63, 3.8) is 0 Å². The van der Waals surface area contributed by atoms with Crippen LogP contribution in [0.5, 0.6) is 0 Å². The molecule has 0 spiro atoms. The molecule has 2 rings (SSSR count). The van der Waals surface area contributed by atoms with Crippen LogP contribution < -0.4 is 0 Å². The van der Waals surface area contributed by atoms with Gasteiger partial charge in [0.15, 0.2) is 0 Å². The topological polar surface area (TPSA) is 43.7 Å². The third kappa shape index (κ3) is 1.08. The van der Waals surface area contributed by atoms with Gasteiger partial charge in [-0.25, -0.2) is 0 Å². The predicted octanol–water partition coefficient (Wildman–Crippen LogP) is -0.710. The van der Waals surface area contributed by atoms with Gasteiger partial charge in [0.1, 0.15) is 0 Å². The molecule has 0 unspecified atom stereocenters. The van der Waals surface area contributed by atoms with Crippen LogP contribution >= 0.6 is 0 Å². The summed E-state index contributed by atoms with van der Waals surface area (Å²) in [6, 6.07) is 0. The molecule has 2 aliphatic rings. The van der Waals surface area contributed by atoms with Crippen LogP contribution in [0.15, 0.2) is 0 Å². The van der Waals surface area contributed by atoms with Gasteiger partial charge in [0.05, 0.1) is 12.2 Å². The highest BCUT2D eigenvalue weighted by Crippen LogP contribution is 2.37. The predicted molar refractivity (Wildman–Crippen MR) is 41.1 cm³/mol. The fourth-order valence-electron chi connectivity index (χ4n) is 2.49. The van der Waals surface area contributed by atoms with Crippen LogP contribution in [0.4, 0.5) is 0 Å². The van der Waals surface area contributed by atoms with E-state index in [0.717, 1.165) is 19.5 Å². The zero-order valence-electron chi connectivity index (χ0n) is 6.77. The second kappa shape index (κ2) is 2.44. The Morgan fingerprint density at radius 2 is 2.00 bits per heavy atom. The van der Waals surface area contributed by atoms with Gasteiger partial charge in [-0.2, -0.15) is 0 Å². The zero-order valence-corrected chi connectivity index (χ0v) is 6.77. The number of aliphatic hydroxyl groups is 2. The highest BCUT2D eigenvalue weighted by Gasteiger charge is 2.45. The molecule has 1 aliphatic heterocycles. The second-order valence-electron chi connectivity index (χ2n) is 3.94. The molecule has 1 saturated heterocycles. The van der Waals surface area contributed by atoms with E-state index in [2.05, 4.69) is 11.9 Å². The Balaban J connectivity index is 2.07. The maximum Gasteiger partial charge on any atom is 0.0842 e. The molecule has 0 aromatic rings. The van der Waals surface area contributed by atoms with E-state index in [-0.39, 0.29) is 0 Å². The third-order valence-electron chi connectivity index (χ3n) is 3.05. The molecule has 0 bridgehead atoms. The minimum atomic E-state index is -0.468. The van der Waals surface area contributed by atoms with Crippen molar-refractivity contribution < 1.29 is 10.2 Å². The maximum absolute atomic E-state index is 9.51. The van der Waals surface area contributed by atoms with Gasteiger partial charge in [0, 0.05) is 19.0 Å². The van der Waals surface area contributed by atoms with Gasteiger partial charge in [-0.05, 0) is 19.4 Å². The molecule has 1 aliphatic carbocycles. The van der Waals surface area contributed by atoms with Gasteiger partial charge in [-0.1, -0.05) is 0 Å². The first kappa shape index (κ1) is 7.53. The molecule has 0 amide bonds. The lowest BCUT2D eigenvalue weighted by atomic mass is 9.99. The van der Waals surface area contributed by atoms with Gasteiger partial charge < -0.3 is 15.1 Å². The van der Waals surface area contributed by atoms with E-state index >= 15 is 0 Å². The Kier molecular flexibility index (Phi) is 1.67. The zero-order chi connectivity index (χ0) is 8.01. The molecule has 2 fully saturated rings. The van der Waals surface area contributed by atoms with Gasteiger partial charge in [-0.15, -0.1) is 0 Å². The Labute approximate surface area is 66.6 Å². The largest absolute Gasteiger partial charge is 0.390 e. The van der Waals surface area contributed by atoms with E-state index in [0.29, 0.717) is 11.8 Å². The summed E-state index contributed by atoms with van der Waals surface area (Å²) in [6.45, 7) is 1.99. The van der Waals surface area contributed by atoms with Crippen molar-refractivity contribution in [3.8, 4) is 0 Å². The van der Waals surface area contributed by atoms with Gasteiger partial charge in [-0.3, -0.25) is 0 Å². The first-order chi connectivity index (χ1) is 5.18. The first-order valence-electron chi connectivity index (χ1n) is 4.23. The molecule has 0 radical (unpaired) electrons. The van der Waals surface area contributed by atoms with Crippen LogP contribution in [-0.2, 0) is 0 Å². The van der Waals surface area contributed by atoms with Gasteiger partial charge in [0.2, 0.25) is 0 Å². The molecule has 1 heterocycles. The average molecular weight is 157 g/mol. The molecule has 0 aromatic carbocycles. The second-order valence-corrected chi connectivity index (χ2v) is 3.94. The SMILES string of the molecule is CN1C[C@@H]2C[C@@H](O)[C@H](O)[C@@H]2C1. The molecule has 1 saturated carbocycles. The Hall–Kier alpha value is -0.120. The number of hydrogen-bond acceptors (Lipinski definition) is 3. The molecular formula is C8H15NO2. The molecule has 64 valence electrons. The summed E-state index contributed by atoms with van der Waals surface area (Å²) in [5.41, 5.74) is 0. The van der Waals surface area contributed by atoms with Crippen LogP contribution in [-0.4, -0.2) is 47.5 Å². The number of hydrogen-bond donors (Lipinski definition) is 2. The Morgan fingerprint density at radius 1 is 1.27 bits per heavy atom. The molecule has 3 heteroatoms. The Morgan fingerprint density at radius 3 is 2.64 bits per heavy atom. The molecule has 3 nitrogen and oxygen atoms in total. The number of fused-ring (bicyclic) bond motifs is 1. The lowest BCUT2D eigenvalue weighted by Gasteiger charge is -2.15. The van der Waals surface area contributed by atoms with Crippen molar-refractivity contribution in [1.29, 1.82) is 0 Å². The van der Waals surface area contributed by atoms with Crippen LogP contribution in [0, 0.1) is 11.8 Å². The minimum Gasteiger partial charge on any atom is -0.390 e. The number of likely N-dealkylation sites (tertiary alicyclic amines) is 1. The maximum atomic E-state index is 9.51. The van der Waals surface area contributed by atoms with Gasteiger partial charge in [0.25, 0.3) is 0 Å². The smallest absolute Gasteiger partial charge is 0.0842 e. The van der Waals surface area contributed by atoms with E-state index in [1.165, 1.54) is 0 Å². The molecular weight excluding hydrogens is 142 g/mol. The summed E-state index contributed by atoms with van der Waals surface area (Å²) in [5.74, 6) is 0.861. The van der Waals surface area contributed by atoms with Crippen LogP contribution in [0.3, 0.4) is 0 Å². The summed E-state index contributed by atoms with van der Waals surface area (Å²) >= 11 is 0.